The highest BCUT2D eigenvalue weighted by molar-refractivity contribution is 6.32. The zero-order chi connectivity index (χ0) is 7.11. The first-order valence-corrected chi connectivity index (χ1v) is 2.91. The number of hydrogen-bond donors (Lipinski definition) is 2. The highest BCUT2D eigenvalue weighted by atomic mass is 17.2. The van der Waals surface area contributed by atoms with Gasteiger partial charge in [0.25, 0.3) is 0 Å². The molecule has 0 aromatic carbocycles. The molecule has 5 heteroatoms. The minimum atomic E-state index is -1.82. The van der Waals surface area contributed by atoms with E-state index in [0.29, 0.717) is 6.61 Å². The lowest BCUT2D eigenvalue weighted by Gasteiger charge is -1.99. The van der Waals surface area contributed by atoms with Crippen LogP contribution in [0.4, 0.5) is 0 Å². The number of hydrogen-bond acceptors (Lipinski definition) is 4. The monoisotopic (exact) mass is 134 g/mol. The van der Waals surface area contributed by atoms with Crippen molar-refractivity contribution in [2.45, 2.75) is 19.8 Å². The van der Waals surface area contributed by atoms with Crippen LogP contribution in [0.3, 0.4) is 0 Å². The molecule has 0 unspecified atom stereocenters. The van der Waals surface area contributed by atoms with Gasteiger partial charge in [0, 0.05) is 0 Å². The van der Waals surface area contributed by atoms with Crippen molar-refractivity contribution in [3.8, 4) is 0 Å². The van der Waals surface area contributed by atoms with E-state index in [1.165, 1.54) is 0 Å². The number of rotatable bonds is 5. The van der Waals surface area contributed by atoms with Crippen molar-refractivity contribution in [1.82, 2.24) is 0 Å². The number of unbranched alkanes of at least 4 members (excludes halogenated alkanes) is 1. The van der Waals surface area contributed by atoms with Gasteiger partial charge in [0.2, 0.25) is 0 Å². The fraction of sp³-hybridized carbons (Fsp3) is 1.00. The van der Waals surface area contributed by atoms with E-state index in [4.69, 9.17) is 10.0 Å². The van der Waals surface area contributed by atoms with Crippen LogP contribution in [0.5, 0.6) is 0 Å². The quantitative estimate of drug-likeness (QED) is 0.234. The predicted octanol–water partition coefficient (Wildman–Crippen LogP) is -0.296. The van der Waals surface area contributed by atoms with Gasteiger partial charge in [-0.25, -0.2) is 9.69 Å². The molecule has 0 heterocycles. The summed E-state index contributed by atoms with van der Waals surface area (Å²) in [5.74, 6) is 0. The van der Waals surface area contributed by atoms with E-state index in [2.05, 4.69) is 9.69 Å². The molecule has 0 radical (unpaired) electrons. The Morgan fingerprint density at radius 1 is 1.44 bits per heavy atom. The molecule has 4 nitrogen and oxygen atoms in total. The second kappa shape index (κ2) is 6.03. The highest BCUT2D eigenvalue weighted by Crippen LogP contribution is 1.88. The van der Waals surface area contributed by atoms with Crippen molar-refractivity contribution < 1.29 is 19.7 Å². The van der Waals surface area contributed by atoms with Gasteiger partial charge in [0.1, 0.15) is 0 Å². The largest absolute Gasteiger partial charge is 0.662 e. The van der Waals surface area contributed by atoms with Gasteiger partial charge in [-0.2, -0.15) is 0 Å². The van der Waals surface area contributed by atoms with Crippen molar-refractivity contribution in [3.05, 3.63) is 0 Å². The Bertz CT molecular complexity index is 58.5. The summed E-state index contributed by atoms with van der Waals surface area (Å²) in [4.78, 5) is 8.29. The zero-order valence-electron chi connectivity index (χ0n) is 5.41. The molecule has 0 saturated carbocycles. The van der Waals surface area contributed by atoms with Crippen molar-refractivity contribution in [2.24, 2.45) is 0 Å². The summed E-state index contributed by atoms with van der Waals surface area (Å²) in [7, 11) is -1.82. The fourth-order valence-corrected chi connectivity index (χ4v) is 0.312. The van der Waals surface area contributed by atoms with Gasteiger partial charge in [-0.1, -0.05) is 13.3 Å². The second-order valence-electron chi connectivity index (χ2n) is 1.60. The molecule has 0 saturated heterocycles. The molecular formula is C4H11BO4. The molecule has 2 N–H and O–H groups in total. The molecule has 0 aliphatic heterocycles. The maximum atomic E-state index is 8.06. The smallest absolute Gasteiger partial charge is 0.400 e. The Balaban J connectivity index is 2.75. The third-order valence-corrected chi connectivity index (χ3v) is 0.735. The molecule has 0 aliphatic rings. The average Bonchev–Trinajstić information content (AvgIpc) is 1.80. The summed E-state index contributed by atoms with van der Waals surface area (Å²) in [5.41, 5.74) is 0. The van der Waals surface area contributed by atoms with Crippen LogP contribution in [0.1, 0.15) is 19.8 Å². The van der Waals surface area contributed by atoms with Crippen molar-refractivity contribution in [3.63, 3.8) is 0 Å². The molecule has 0 atom stereocenters. The van der Waals surface area contributed by atoms with E-state index in [0.717, 1.165) is 12.8 Å². The summed E-state index contributed by atoms with van der Waals surface area (Å²) in [6.07, 6.45) is 1.84. The van der Waals surface area contributed by atoms with Gasteiger partial charge >= 0.3 is 7.32 Å². The van der Waals surface area contributed by atoms with Gasteiger partial charge in [-0.05, 0) is 6.42 Å². The van der Waals surface area contributed by atoms with Crippen LogP contribution < -0.4 is 0 Å². The van der Waals surface area contributed by atoms with Crippen molar-refractivity contribution in [2.75, 3.05) is 6.61 Å². The van der Waals surface area contributed by atoms with E-state index in [-0.39, 0.29) is 0 Å². The Hall–Kier alpha value is -0.0951. The highest BCUT2D eigenvalue weighted by Gasteiger charge is 2.08. The minimum Gasteiger partial charge on any atom is -0.400 e. The van der Waals surface area contributed by atoms with Crippen LogP contribution in [0.15, 0.2) is 0 Å². The first-order chi connectivity index (χ1) is 4.27. The van der Waals surface area contributed by atoms with E-state index < -0.39 is 7.32 Å². The average molecular weight is 134 g/mol. The molecular weight excluding hydrogens is 123 g/mol. The first kappa shape index (κ1) is 8.90. The molecule has 0 aromatic rings. The van der Waals surface area contributed by atoms with Gasteiger partial charge in [-0.15, -0.1) is 0 Å². The maximum Gasteiger partial charge on any atom is 0.662 e. The summed E-state index contributed by atoms with van der Waals surface area (Å²) in [6, 6.07) is 0. The predicted molar refractivity (Wildman–Crippen MR) is 32.1 cm³/mol. The zero-order valence-corrected chi connectivity index (χ0v) is 5.41. The van der Waals surface area contributed by atoms with Gasteiger partial charge < -0.3 is 10.0 Å². The van der Waals surface area contributed by atoms with E-state index in [1.807, 2.05) is 6.92 Å². The summed E-state index contributed by atoms with van der Waals surface area (Å²) < 4.78 is 0. The van der Waals surface area contributed by atoms with Gasteiger partial charge in [-0.3, -0.25) is 0 Å². The standard InChI is InChI=1S/C4H11BO4/c1-2-3-4-8-9-5(6)7/h6-7H,2-4H2,1H3. The molecule has 0 amide bonds. The van der Waals surface area contributed by atoms with Crippen LogP contribution in [0.25, 0.3) is 0 Å². The first-order valence-electron chi connectivity index (χ1n) is 2.91. The topological polar surface area (TPSA) is 58.9 Å². The molecule has 0 spiro atoms. The molecule has 54 valence electrons. The maximum absolute atomic E-state index is 8.06. The van der Waals surface area contributed by atoms with Crippen LogP contribution in [0, 0.1) is 0 Å². The van der Waals surface area contributed by atoms with E-state index in [9.17, 15) is 0 Å². The Morgan fingerprint density at radius 2 is 2.11 bits per heavy atom. The van der Waals surface area contributed by atoms with Crippen LogP contribution in [0.2, 0.25) is 0 Å². The normalized spacial score (nSPS) is 9.67. The molecule has 0 aromatic heterocycles. The third kappa shape index (κ3) is 7.90. The van der Waals surface area contributed by atoms with Gasteiger partial charge in [0.15, 0.2) is 0 Å². The second-order valence-corrected chi connectivity index (χ2v) is 1.60. The molecule has 9 heavy (non-hydrogen) atoms. The Labute approximate surface area is 54.5 Å². The van der Waals surface area contributed by atoms with Crippen LogP contribution in [-0.2, 0) is 9.69 Å². The third-order valence-electron chi connectivity index (χ3n) is 0.735. The lowest BCUT2D eigenvalue weighted by atomic mass is 10.3. The lowest BCUT2D eigenvalue weighted by molar-refractivity contribution is -0.235. The van der Waals surface area contributed by atoms with E-state index in [1.54, 1.807) is 0 Å². The molecule has 0 aliphatic carbocycles. The van der Waals surface area contributed by atoms with E-state index >= 15 is 0 Å². The van der Waals surface area contributed by atoms with Crippen molar-refractivity contribution >= 4 is 7.32 Å². The summed E-state index contributed by atoms with van der Waals surface area (Å²) in [5, 5.41) is 16.1. The Kier molecular flexibility index (Phi) is 5.97. The van der Waals surface area contributed by atoms with Gasteiger partial charge in [0.05, 0.1) is 6.61 Å². The van der Waals surface area contributed by atoms with Crippen molar-refractivity contribution in [1.29, 1.82) is 0 Å². The summed E-state index contributed by atoms with van der Waals surface area (Å²) in [6.45, 7) is 2.40. The Morgan fingerprint density at radius 3 is 2.56 bits per heavy atom. The summed E-state index contributed by atoms with van der Waals surface area (Å²) >= 11 is 0. The fourth-order valence-electron chi connectivity index (χ4n) is 0.312. The molecule has 0 rings (SSSR count). The SMILES string of the molecule is CCCCOOB(O)O. The van der Waals surface area contributed by atoms with Crippen LogP contribution in [-0.4, -0.2) is 24.0 Å². The lowest BCUT2D eigenvalue weighted by Crippen LogP contribution is -2.17. The van der Waals surface area contributed by atoms with Crippen LogP contribution >= 0.6 is 0 Å². The molecule has 0 fully saturated rings. The minimum absolute atomic E-state index is 0.397. The molecule has 0 bridgehead atoms.